The van der Waals surface area contributed by atoms with E-state index in [0.29, 0.717) is 5.92 Å². The molecule has 0 aliphatic heterocycles. The van der Waals surface area contributed by atoms with Crippen molar-refractivity contribution in [3.63, 3.8) is 0 Å². The summed E-state index contributed by atoms with van der Waals surface area (Å²) < 4.78 is 1.15. The Kier molecular flexibility index (Phi) is 4.07. The minimum atomic E-state index is -0.284. The summed E-state index contributed by atoms with van der Waals surface area (Å²) in [5.41, 5.74) is 9.49. The number of fused-ring (bicyclic) bond motifs is 3. The highest BCUT2D eigenvalue weighted by Crippen LogP contribution is 2.58. The molecule has 1 heteroatoms. The lowest BCUT2D eigenvalue weighted by Crippen LogP contribution is -2.30. The summed E-state index contributed by atoms with van der Waals surface area (Å²) in [7, 11) is 0. The average molecular weight is 449 g/mol. The fourth-order valence-electron chi connectivity index (χ4n) is 5.52. The molecule has 0 bridgehead atoms. The van der Waals surface area contributed by atoms with Gasteiger partial charge in [0.15, 0.2) is 0 Å². The maximum Gasteiger partial charge on any atom is 0.0710 e. The molecule has 3 aliphatic carbocycles. The molecule has 30 heavy (non-hydrogen) atoms. The van der Waals surface area contributed by atoms with Crippen LogP contribution in [0.2, 0.25) is 0 Å². The summed E-state index contributed by atoms with van der Waals surface area (Å²) in [4.78, 5) is 0. The Morgan fingerprint density at radius 3 is 2.07 bits per heavy atom. The third kappa shape index (κ3) is 2.45. The van der Waals surface area contributed by atoms with Crippen molar-refractivity contribution < 1.29 is 0 Å². The molecule has 1 atom stereocenters. The number of benzene rings is 3. The number of allylic oxidation sites excluding steroid dienone is 8. The summed E-state index contributed by atoms with van der Waals surface area (Å²) in [6.07, 6.45) is 10.3. The summed E-state index contributed by atoms with van der Waals surface area (Å²) in [6.45, 7) is 0. The molecule has 0 saturated heterocycles. The minimum Gasteiger partial charge on any atom is -0.0756 e. The smallest absolute Gasteiger partial charge is 0.0710 e. The van der Waals surface area contributed by atoms with Crippen LogP contribution in [0, 0.1) is 5.92 Å². The molecule has 0 heterocycles. The van der Waals surface area contributed by atoms with Gasteiger partial charge in [0.2, 0.25) is 0 Å². The van der Waals surface area contributed by atoms with Gasteiger partial charge in [0.05, 0.1) is 5.41 Å². The highest BCUT2D eigenvalue weighted by atomic mass is 79.9. The van der Waals surface area contributed by atoms with Crippen molar-refractivity contribution >= 4 is 21.5 Å². The second kappa shape index (κ2) is 6.82. The molecule has 3 aliphatic rings. The fourth-order valence-corrected chi connectivity index (χ4v) is 5.94. The van der Waals surface area contributed by atoms with Crippen LogP contribution in [0.25, 0.3) is 5.57 Å². The first kappa shape index (κ1) is 17.9. The molecule has 1 unspecified atom stereocenters. The Morgan fingerprint density at radius 2 is 1.37 bits per heavy atom. The van der Waals surface area contributed by atoms with E-state index in [1.165, 1.54) is 39.0 Å². The Bertz CT molecular complexity index is 1220. The molecular formula is C29H21Br. The van der Waals surface area contributed by atoms with Gasteiger partial charge >= 0.3 is 0 Å². The highest BCUT2D eigenvalue weighted by Gasteiger charge is 2.48. The van der Waals surface area contributed by atoms with E-state index in [9.17, 15) is 0 Å². The quantitative estimate of drug-likeness (QED) is 0.378. The van der Waals surface area contributed by atoms with Gasteiger partial charge in [-0.2, -0.15) is 0 Å². The van der Waals surface area contributed by atoms with E-state index in [1.54, 1.807) is 0 Å². The van der Waals surface area contributed by atoms with Gasteiger partial charge in [-0.15, -0.1) is 0 Å². The average Bonchev–Trinajstić information content (AvgIpc) is 3.09. The molecule has 3 aromatic rings. The lowest BCUT2D eigenvalue weighted by molar-refractivity contribution is 0.732. The minimum absolute atomic E-state index is 0.284. The molecule has 144 valence electrons. The maximum atomic E-state index is 3.69. The van der Waals surface area contributed by atoms with Gasteiger partial charge in [0.25, 0.3) is 0 Å². The van der Waals surface area contributed by atoms with E-state index in [2.05, 4.69) is 125 Å². The summed E-state index contributed by atoms with van der Waals surface area (Å²) in [5, 5.41) is 0. The molecular weight excluding hydrogens is 428 g/mol. The molecule has 0 radical (unpaired) electrons. The van der Waals surface area contributed by atoms with E-state index >= 15 is 0 Å². The molecule has 0 amide bonds. The third-order valence-electron chi connectivity index (χ3n) is 6.75. The van der Waals surface area contributed by atoms with E-state index in [1.807, 2.05) is 0 Å². The Balaban J connectivity index is 1.72. The van der Waals surface area contributed by atoms with Crippen LogP contribution in [0.1, 0.15) is 28.7 Å². The van der Waals surface area contributed by atoms with Crippen LogP contribution in [-0.2, 0) is 5.41 Å². The van der Waals surface area contributed by atoms with Crippen LogP contribution < -0.4 is 0 Å². The number of rotatable bonds is 2. The second-order valence-electron chi connectivity index (χ2n) is 8.26. The van der Waals surface area contributed by atoms with Crippen LogP contribution in [0.5, 0.6) is 0 Å². The Hall–Kier alpha value is -2.90. The van der Waals surface area contributed by atoms with Gasteiger partial charge in [-0.05, 0) is 51.5 Å². The van der Waals surface area contributed by atoms with Crippen LogP contribution in [-0.4, -0.2) is 0 Å². The number of hydrogen-bond donors (Lipinski definition) is 0. The summed E-state index contributed by atoms with van der Waals surface area (Å²) in [5.74, 6) is 0.445. The van der Waals surface area contributed by atoms with E-state index < -0.39 is 0 Å². The lowest BCUT2D eigenvalue weighted by atomic mass is 9.65. The van der Waals surface area contributed by atoms with Crippen LogP contribution in [0.4, 0.5) is 0 Å². The van der Waals surface area contributed by atoms with Crippen molar-refractivity contribution in [2.75, 3.05) is 0 Å². The summed E-state index contributed by atoms with van der Waals surface area (Å²) >= 11 is 3.69. The molecule has 6 rings (SSSR count). The Labute approximate surface area is 186 Å². The lowest BCUT2D eigenvalue weighted by Gasteiger charge is -2.36. The normalized spacial score (nSPS) is 20.8. The first-order chi connectivity index (χ1) is 14.8. The molecule has 0 N–H and O–H groups in total. The molecule has 3 aromatic carbocycles. The van der Waals surface area contributed by atoms with Crippen molar-refractivity contribution in [1.82, 2.24) is 0 Å². The van der Waals surface area contributed by atoms with E-state index in [-0.39, 0.29) is 5.41 Å². The zero-order valence-electron chi connectivity index (χ0n) is 16.6. The monoisotopic (exact) mass is 448 g/mol. The predicted molar refractivity (Wildman–Crippen MR) is 128 cm³/mol. The zero-order chi connectivity index (χ0) is 20.1. The first-order valence-corrected chi connectivity index (χ1v) is 11.3. The Morgan fingerprint density at radius 1 is 0.733 bits per heavy atom. The van der Waals surface area contributed by atoms with Gasteiger partial charge < -0.3 is 0 Å². The van der Waals surface area contributed by atoms with Crippen LogP contribution in [0.3, 0.4) is 0 Å². The molecule has 0 aromatic heterocycles. The SMILES string of the molecule is BrC1=CC2=CC3=C(CC2C=C1)c1ccccc1C3(c1ccccc1)c1ccccc1. The molecule has 0 saturated carbocycles. The largest absolute Gasteiger partial charge is 0.0756 e. The third-order valence-corrected chi connectivity index (χ3v) is 7.25. The van der Waals surface area contributed by atoms with Crippen molar-refractivity contribution in [1.29, 1.82) is 0 Å². The zero-order valence-corrected chi connectivity index (χ0v) is 18.1. The maximum absolute atomic E-state index is 3.69. The van der Waals surface area contributed by atoms with Crippen molar-refractivity contribution in [3.05, 3.63) is 147 Å². The molecule has 0 fully saturated rings. The fraction of sp³-hybridized carbons (Fsp3) is 0.103. The molecule has 0 spiro atoms. The van der Waals surface area contributed by atoms with Gasteiger partial charge in [-0.3, -0.25) is 0 Å². The van der Waals surface area contributed by atoms with Crippen molar-refractivity contribution in [2.45, 2.75) is 11.8 Å². The number of halogens is 1. The standard InChI is InChI=1S/C29H21Br/c30-24-16-15-20-18-26-25-13-7-8-14-27(25)29(22-9-3-1-4-10-22,23-11-5-2-6-12-23)28(26)19-21(20)17-24/h1-17,19-20H,18H2. The van der Waals surface area contributed by atoms with Gasteiger partial charge in [-0.1, -0.05) is 119 Å². The van der Waals surface area contributed by atoms with E-state index in [0.717, 1.165) is 10.9 Å². The second-order valence-corrected chi connectivity index (χ2v) is 9.18. The predicted octanol–water partition coefficient (Wildman–Crippen LogP) is 7.58. The molecule has 0 nitrogen and oxygen atoms in total. The van der Waals surface area contributed by atoms with E-state index in [4.69, 9.17) is 0 Å². The number of hydrogen-bond acceptors (Lipinski definition) is 0. The topological polar surface area (TPSA) is 0 Å². The highest BCUT2D eigenvalue weighted by molar-refractivity contribution is 9.11. The van der Waals surface area contributed by atoms with Crippen molar-refractivity contribution in [2.24, 2.45) is 5.92 Å². The van der Waals surface area contributed by atoms with Gasteiger partial charge in [0.1, 0.15) is 0 Å². The van der Waals surface area contributed by atoms with Crippen LogP contribution >= 0.6 is 15.9 Å². The van der Waals surface area contributed by atoms with Crippen molar-refractivity contribution in [3.8, 4) is 0 Å². The summed E-state index contributed by atoms with van der Waals surface area (Å²) in [6, 6.07) is 31.1. The first-order valence-electron chi connectivity index (χ1n) is 10.5. The van der Waals surface area contributed by atoms with Gasteiger partial charge in [0, 0.05) is 10.4 Å². The van der Waals surface area contributed by atoms with Gasteiger partial charge in [-0.25, -0.2) is 0 Å². The van der Waals surface area contributed by atoms with Crippen LogP contribution in [0.15, 0.2) is 125 Å².